The summed E-state index contributed by atoms with van der Waals surface area (Å²) < 4.78 is 21.0. The maximum absolute atomic E-state index is 12.6. The number of ether oxygens (including phenoxy) is 4. The molecule has 11 heteroatoms. The fraction of sp³-hybridized carbons (Fsp3) is 0.360. The monoisotopic (exact) mass is 498 g/mol. The highest BCUT2D eigenvalue weighted by atomic mass is 16.6. The molecule has 1 fully saturated rings. The minimum atomic E-state index is -0.531. The second-order valence-corrected chi connectivity index (χ2v) is 7.96. The molecule has 0 atom stereocenters. The van der Waals surface area contributed by atoms with Crippen molar-refractivity contribution in [1.29, 1.82) is 5.41 Å². The number of carbonyl (C=O) groups is 3. The Labute approximate surface area is 209 Å². The van der Waals surface area contributed by atoms with E-state index in [0.29, 0.717) is 61.0 Å². The van der Waals surface area contributed by atoms with Crippen molar-refractivity contribution in [3.63, 3.8) is 0 Å². The Morgan fingerprint density at radius 3 is 2.44 bits per heavy atom. The summed E-state index contributed by atoms with van der Waals surface area (Å²) in [4.78, 5) is 38.3. The molecule has 192 valence electrons. The van der Waals surface area contributed by atoms with E-state index < -0.39 is 5.97 Å². The van der Waals surface area contributed by atoms with Gasteiger partial charge in [0.05, 0.1) is 20.3 Å². The zero-order chi connectivity index (χ0) is 25.9. The Bertz CT molecular complexity index is 1080. The van der Waals surface area contributed by atoms with E-state index in [1.165, 1.54) is 7.11 Å². The van der Waals surface area contributed by atoms with Crippen molar-refractivity contribution in [3.05, 3.63) is 53.6 Å². The number of carbonyl (C=O) groups excluding carboxylic acids is 3. The van der Waals surface area contributed by atoms with Crippen LogP contribution in [0.25, 0.3) is 0 Å². The molecule has 1 aliphatic heterocycles. The van der Waals surface area contributed by atoms with Crippen LogP contribution in [0.3, 0.4) is 0 Å². The highest BCUT2D eigenvalue weighted by molar-refractivity contribution is 5.95. The molecule has 0 bridgehead atoms. The average Bonchev–Trinajstić information content (AvgIpc) is 2.90. The van der Waals surface area contributed by atoms with Gasteiger partial charge < -0.3 is 34.9 Å². The maximum atomic E-state index is 12.6. The van der Waals surface area contributed by atoms with Crippen molar-refractivity contribution in [2.75, 3.05) is 51.9 Å². The zero-order valence-corrected chi connectivity index (χ0v) is 20.1. The van der Waals surface area contributed by atoms with E-state index in [0.717, 1.165) is 0 Å². The van der Waals surface area contributed by atoms with Gasteiger partial charge in [-0.3, -0.25) is 15.0 Å². The smallest absolute Gasteiger partial charge is 0.343 e. The normalized spacial score (nSPS) is 13.0. The second-order valence-electron chi connectivity index (χ2n) is 7.96. The summed E-state index contributed by atoms with van der Waals surface area (Å²) in [5.74, 6) is -0.0870. The summed E-state index contributed by atoms with van der Waals surface area (Å²) in [6.45, 7) is 1.64. The number of nitrogens with zero attached hydrogens (tertiary/aromatic N) is 1. The number of benzene rings is 2. The number of rotatable bonds is 11. The van der Waals surface area contributed by atoms with Gasteiger partial charge in [0, 0.05) is 30.8 Å². The number of amidine groups is 1. The topological polar surface area (TPSA) is 153 Å². The van der Waals surface area contributed by atoms with Crippen LogP contribution >= 0.6 is 0 Å². The van der Waals surface area contributed by atoms with Gasteiger partial charge >= 0.3 is 5.97 Å². The fourth-order valence-corrected chi connectivity index (χ4v) is 3.48. The molecule has 1 saturated heterocycles. The summed E-state index contributed by atoms with van der Waals surface area (Å²) in [6, 6.07) is 11.5. The van der Waals surface area contributed by atoms with E-state index in [-0.39, 0.29) is 37.3 Å². The number of nitrogen functional groups attached to an aromatic ring is 1. The number of anilines is 1. The van der Waals surface area contributed by atoms with E-state index >= 15 is 0 Å². The lowest BCUT2D eigenvalue weighted by Gasteiger charge is -2.27. The number of methoxy groups -OCH3 is 1. The molecule has 4 N–H and O–H groups in total. The predicted octanol–water partition coefficient (Wildman–Crippen LogP) is 1.33. The molecule has 0 saturated carbocycles. The van der Waals surface area contributed by atoms with E-state index in [4.69, 9.17) is 25.4 Å². The molecule has 0 unspecified atom stereocenters. The molecular weight excluding hydrogens is 468 g/mol. The molecule has 0 radical (unpaired) electrons. The SMILES string of the molecule is COC(=O)COc1ccc(NC(=O)COc2ccc(C(=N)N)cc2)cc1CCC(=O)N1CCOCC1. The Kier molecular flexibility index (Phi) is 9.64. The first kappa shape index (κ1) is 26.5. The molecule has 36 heavy (non-hydrogen) atoms. The van der Waals surface area contributed by atoms with E-state index in [9.17, 15) is 14.4 Å². The molecule has 0 aliphatic carbocycles. The van der Waals surface area contributed by atoms with E-state index in [2.05, 4.69) is 10.1 Å². The lowest BCUT2D eigenvalue weighted by molar-refractivity contribution is -0.143. The van der Waals surface area contributed by atoms with Gasteiger partial charge in [-0.2, -0.15) is 0 Å². The molecule has 3 rings (SSSR count). The molecule has 11 nitrogen and oxygen atoms in total. The van der Waals surface area contributed by atoms with Crippen molar-refractivity contribution in [3.8, 4) is 11.5 Å². The number of nitrogens with two attached hydrogens (primary N) is 1. The third-order valence-electron chi connectivity index (χ3n) is 5.42. The van der Waals surface area contributed by atoms with Crippen molar-refractivity contribution in [2.45, 2.75) is 12.8 Å². The fourth-order valence-electron chi connectivity index (χ4n) is 3.48. The quantitative estimate of drug-likeness (QED) is 0.238. The van der Waals surface area contributed by atoms with Crippen molar-refractivity contribution >= 4 is 29.3 Å². The number of morpholine rings is 1. The molecule has 0 aromatic heterocycles. The molecule has 1 heterocycles. The molecule has 2 aromatic rings. The van der Waals surface area contributed by atoms with Crippen molar-refractivity contribution < 1.29 is 33.3 Å². The zero-order valence-electron chi connectivity index (χ0n) is 20.1. The van der Waals surface area contributed by atoms with Crippen LogP contribution in [0.5, 0.6) is 11.5 Å². The number of esters is 1. The van der Waals surface area contributed by atoms with Crippen LogP contribution < -0.4 is 20.5 Å². The Morgan fingerprint density at radius 1 is 1.06 bits per heavy atom. The lowest BCUT2D eigenvalue weighted by Crippen LogP contribution is -2.40. The van der Waals surface area contributed by atoms with Gasteiger partial charge in [0.1, 0.15) is 17.3 Å². The van der Waals surface area contributed by atoms with Crippen LogP contribution in [-0.4, -0.2) is 75.1 Å². The first-order valence-corrected chi connectivity index (χ1v) is 11.4. The molecular formula is C25H30N4O7. The summed E-state index contributed by atoms with van der Waals surface area (Å²) in [5, 5.41) is 10.2. The molecule has 1 aliphatic rings. The molecule has 2 amide bonds. The van der Waals surface area contributed by atoms with E-state index in [1.54, 1.807) is 47.4 Å². The minimum absolute atomic E-state index is 0.00384. The van der Waals surface area contributed by atoms with Gasteiger partial charge in [0.2, 0.25) is 5.91 Å². The Hall–Kier alpha value is -4.12. The van der Waals surface area contributed by atoms with Gasteiger partial charge in [-0.1, -0.05) is 0 Å². The van der Waals surface area contributed by atoms with Crippen LogP contribution in [0.2, 0.25) is 0 Å². The van der Waals surface area contributed by atoms with Gasteiger partial charge in [-0.15, -0.1) is 0 Å². The highest BCUT2D eigenvalue weighted by Crippen LogP contribution is 2.25. The number of nitrogens with one attached hydrogen (secondary N) is 2. The number of hydrogen-bond donors (Lipinski definition) is 3. The van der Waals surface area contributed by atoms with Crippen molar-refractivity contribution in [1.82, 2.24) is 4.90 Å². The largest absolute Gasteiger partial charge is 0.484 e. The molecule has 2 aromatic carbocycles. The Morgan fingerprint density at radius 2 is 1.78 bits per heavy atom. The Balaban J connectivity index is 1.62. The number of hydrogen-bond acceptors (Lipinski definition) is 8. The summed E-state index contributed by atoms with van der Waals surface area (Å²) in [5.41, 5.74) is 7.15. The van der Waals surface area contributed by atoms with Gasteiger partial charge in [-0.05, 0) is 54.4 Å². The first-order chi connectivity index (χ1) is 17.4. The third-order valence-corrected chi connectivity index (χ3v) is 5.42. The highest BCUT2D eigenvalue weighted by Gasteiger charge is 2.18. The van der Waals surface area contributed by atoms with Crippen molar-refractivity contribution in [2.24, 2.45) is 5.73 Å². The van der Waals surface area contributed by atoms with Gasteiger partial charge in [0.25, 0.3) is 5.91 Å². The number of amides is 2. The van der Waals surface area contributed by atoms with Crippen LogP contribution in [-0.2, 0) is 30.3 Å². The summed E-state index contributed by atoms with van der Waals surface area (Å²) in [7, 11) is 1.27. The maximum Gasteiger partial charge on any atom is 0.343 e. The average molecular weight is 499 g/mol. The number of aryl methyl sites for hydroxylation is 1. The second kappa shape index (κ2) is 13.1. The van der Waals surface area contributed by atoms with Crippen LogP contribution in [0.4, 0.5) is 5.69 Å². The van der Waals surface area contributed by atoms with Crippen LogP contribution in [0.1, 0.15) is 17.5 Å². The van der Waals surface area contributed by atoms with Crippen LogP contribution in [0.15, 0.2) is 42.5 Å². The standard InChI is InChI=1S/C25H30N4O7/c1-33-24(32)16-36-21-8-5-19(14-18(21)4-9-23(31)29-10-12-34-13-11-29)28-22(30)15-35-20-6-2-17(3-7-20)25(26)27/h2-3,5-8,14H,4,9-13,15-16H2,1H3,(H3,26,27)(H,28,30). The third kappa shape index (κ3) is 7.98. The van der Waals surface area contributed by atoms with Gasteiger partial charge in [0.15, 0.2) is 13.2 Å². The summed E-state index contributed by atoms with van der Waals surface area (Å²) >= 11 is 0. The van der Waals surface area contributed by atoms with E-state index in [1.807, 2.05) is 0 Å². The predicted molar refractivity (Wildman–Crippen MR) is 131 cm³/mol. The lowest BCUT2D eigenvalue weighted by atomic mass is 10.1. The minimum Gasteiger partial charge on any atom is -0.484 e. The van der Waals surface area contributed by atoms with Crippen LogP contribution in [0, 0.1) is 5.41 Å². The molecule has 0 spiro atoms. The summed E-state index contributed by atoms with van der Waals surface area (Å²) in [6.07, 6.45) is 0.598. The van der Waals surface area contributed by atoms with Gasteiger partial charge in [-0.25, -0.2) is 4.79 Å². The first-order valence-electron chi connectivity index (χ1n) is 11.4.